The molecule has 2 aliphatic heterocycles. The number of aromatic nitrogens is 3. The molecule has 1 unspecified atom stereocenters. The molecular formula is C33H31FN6O5. The number of benzene rings is 3. The van der Waals surface area contributed by atoms with Crippen molar-refractivity contribution in [1.29, 1.82) is 5.26 Å². The summed E-state index contributed by atoms with van der Waals surface area (Å²) in [5.74, 6) is -0.182. The summed E-state index contributed by atoms with van der Waals surface area (Å²) in [6, 6.07) is 17.0. The summed E-state index contributed by atoms with van der Waals surface area (Å²) >= 11 is 0. The summed E-state index contributed by atoms with van der Waals surface area (Å²) in [4.78, 5) is 23.1. The highest BCUT2D eigenvalue weighted by Gasteiger charge is 2.43. The minimum Gasteiger partial charge on any atom is -0.478 e. The SMILES string of the molecule is CC1(c2ccc(C#N)cc2F)Oc2cccc(C3CCN(Cc4nc5ccc(C(=O)O)cc5n4Cc4ncco4)CC3)c2O1.N. The van der Waals surface area contributed by atoms with Gasteiger partial charge in [0.25, 0.3) is 5.79 Å². The van der Waals surface area contributed by atoms with Crippen molar-refractivity contribution in [3.63, 3.8) is 0 Å². The van der Waals surface area contributed by atoms with Crippen LogP contribution in [0, 0.1) is 17.1 Å². The van der Waals surface area contributed by atoms with Gasteiger partial charge in [-0.1, -0.05) is 12.1 Å². The molecule has 1 saturated heterocycles. The van der Waals surface area contributed by atoms with Crippen molar-refractivity contribution in [3.8, 4) is 17.6 Å². The number of carboxylic acids is 1. The molecule has 12 heteroatoms. The average molecular weight is 611 g/mol. The number of ether oxygens (including phenoxy) is 2. The number of carbonyl (C=O) groups is 1. The molecule has 7 rings (SSSR count). The fourth-order valence-corrected chi connectivity index (χ4v) is 6.20. The van der Waals surface area contributed by atoms with Gasteiger partial charge in [0.05, 0.1) is 46.5 Å². The Bertz CT molecular complexity index is 1930. The molecule has 4 N–H and O–H groups in total. The Balaban J connectivity index is 0.00000357. The number of carboxylic acid groups (broad SMARTS) is 1. The minimum atomic E-state index is -1.35. The number of nitrogens with zero attached hydrogens (tertiary/aromatic N) is 5. The summed E-state index contributed by atoms with van der Waals surface area (Å²) in [6.07, 6.45) is 4.83. The van der Waals surface area contributed by atoms with Crippen LogP contribution in [0.15, 0.2) is 71.5 Å². The molecule has 1 fully saturated rings. The summed E-state index contributed by atoms with van der Waals surface area (Å²) in [5.41, 5.74) is 3.11. The number of aromatic carboxylic acids is 1. The van der Waals surface area contributed by atoms with E-state index in [1.807, 2.05) is 28.8 Å². The highest BCUT2D eigenvalue weighted by atomic mass is 19.1. The largest absolute Gasteiger partial charge is 0.478 e. The first-order valence-corrected chi connectivity index (χ1v) is 14.4. The molecule has 45 heavy (non-hydrogen) atoms. The van der Waals surface area contributed by atoms with E-state index >= 15 is 0 Å². The van der Waals surface area contributed by atoms with Gasteiger partial charge >= 0.3 is 5.97 Å². The van der Waals surface area contributed by atoms with E-state index in [1.54, 1.807) is 37.4 Å². The molecule has 230 valence electrons. The molecule has 0 aliphatic carbocycles. The van der Waals surface area contributed by atoms with Gasteiger partial charge in [-0.15, -0.1) is 0 Å². The fourth-order valence-electron chi connectivity index (χ4n) is 6.20. The maximum atomic E-state index is 14.9. The first-order valence-electron chi connectivity index (χ1n) is 14.4. The molecule has 0 spiro atoms. The topological polar surface area (TPSA) is 162 Å². The van der Waals surface area contributed by atoms with Gasteiger partial charge in [-0.2, -0.15) is 5.26 Å². The maximum absolute atomic E-state index is 14.9. The quantitative estimate of drug-likeness (QED) is 0.225. The number of imidazole rings is 1. The lowest BCUT2D eigenvalue weighted by Crippen LogP contribution is -2.34. The molecule has 2 aliphatic rings. The van der Waals surface area contributed by atoms with Crippen LogP contribution in [0.5, 0.6) is 11.5 Å². The van der Waals surface area contributed by atoms with E-state index in [9.17, 15) is 14.3 Å². The van der Waals surface area contributed by atoms with E-state index in [0.29, 0.717) is 41.5 Å². The zero-order valence-electron chi connectivity index (χ0n) is 24.6. The fraction of sp³-hybridized carbons (Fsp3) is 0.273. The van der Waals surface area contributed by atoms with Crippen LogP contribution < -0.4 is 15.6 Å². The molecule has 0 saturated carbocycles. The van der Waals surface area contributed by atoms with Gasteiger partial charge in [0.15, 0.2) is 11.5 Å². The number of oxazole rings is 1. The number of hydrogen-bond donors (Lipinski definition) is 2. The number of likely N-dealkylation sites (tertiary alicyclic amines) is 1. The lowest BCUT2D eigenvalue weighted by atomic mass is 9.88. The molecule has 0 amide bonds. The van der Waals surface area contributed by atoms with Gasteiger partial charge in [-0.05, 0) is 74.3 Å². The Hall–Kier alpha value is -5.25. The van der Waals surface area contributed by atoms with Crippen molar-refractivity contribution in [1.82, 2.24) is 25.6 Å². The van der Waals surface area contributed by atoms with Crippen LogP contribution in [0.4, 0.5) is 4.39 Å². The molecular weight excluding hydrogens is 579 g/mol. The summed E-state index contributed by atoms with van der Waals surface area (Å²) < 4.78 is 34.9. The van der Waals surface area contributed by atoms with Crippen LogP contribution in [0.2, 0.25) is 0 Å². The molecule has 5 aromatic rings. The Morgan fingerprint density at radius 3 is 2.67 bits per heavy atom. The normalized spacial score (nSPS) is 18.1. The van der Waals surface area contributed by atoms with E-state index in [-0.39, 0.29) is 28.8 Å². The second-order valence-electron chi connectivity index (χ2n) is 11.2. The number of para-hydroxylation sites is 1. The van der Waals surface area contributed by atoms with Crippen molar-refractivity contribution < 1.29 is 28.2 Å². The second kappa shape index (κ2) is 11.7. The van der Waals surface area contributed by atoms with E-state index in [0.717, 1.165) is 37.3 Å². The van der Waals surface area contributed by atoms with Crippen LogP contribution in [0.25, 0.3) is 11.0 Å². The first kappa shape index (κ1) is 29.8. The van der Waals surface area contributed by atoms with Gasteiger partial charge in [0, 0.05) is 12.5 Å². The second-order valence-corrected chi connectivity index (χ2v) is 11.2. The van der Waals surface area contributed by atoms with Crippen molar-refractivity contribution in [2.24, 2.45) is 0 Å². The van der Waals surface area contributed by atoms with Gasteiger partial charge in [-0.3, -0.25) is 4.90 Å². The zero-order chi connectivity index (χ0) is 30.4. The standard InChI is InChI=1S/C33H28FN5O5.H3N/c1-33(24-7-5-20(17-35)15-25(24)34)43-28-4-2-3-23(31(28)44-33)21-9-12-38(13-10-21)18-29-37-26-8-6-22(32(40)41)16-27(26)39(29)19-30-36-11-14-42-30;/h2-8,11,14-16,21H,9-10,12-13,18-19H2,1H3,(H,40,41);1H3. The van der Waals surface area contributed by atoms with Crippen molar-refractivity contribution in [3.05, 3.63) is 107 Å². The van der Waals surface area contributed by atoms with Crippen LogP contribution in [0.1, 0.15) is 64.4 Å². The Kier molecular flexibility index (Phi) is 7.74. The van der Waals surface area contributed by atoms with Crippen LogP contribution in [-0.2, 0) is 18.9 Å². The number of hydrogen-bond acceptors (Lipinski definition) is 9. The summed E-state index contributed by atoms with van der Waals surface area (Å²) in [7, 11) is 0. The lowest BCUT2D eigenvalue weighted by Gasteiger charge is -2.32. The highest BCUT2D eigenvalue weighted by molar-refractivity contribution is 5.92. The molecule has 0 bridgehead atoms. The Morgan fingerprint density at radius 2 is 1.96 bits per heavy atom. The van der Waals surface area contributed by atoms with Crippen molar-refractivity contribution in [2.45, 2.75) is 44.6 Å². The number of nitriles is 1. The smallest absolute Gasteiger partial charge is 0.335 e. The van der Waals surface area contributed by atoms with E-state index in [2.05, 4.69) is 9.88 Å². The molecule has 11 nitrogen and oxygen atoms in total. The van der Waals surface area contributed by atoms with Gasteiger partial charge in [0.2, 0.25) is 5.89 Å². The van der Waals surface area contributed by atoms with Gasteiger partial charge in [-0.25, -0.2) is 19.2 Å². The predicted molar refractivity (Wildman–Crippen MR) is 161 cm³/mol. The van der Waals surface area contributed by atoms with E-state index in [1.165, 1.54) is 18.4 Å². The van der Waals surface area contributed by atoms with Crippen LogP contribution >= 0.6 is 0 Å². The van der Waals surface area contributed by atoms with Gasteiger partial charge in [0.1, 0.15) is 24.4 Å². The third-order valence-corrected chi connectivity index (χ3v) is 8.44. The third-order valence-electron chi connectivity index (χ3n) is 8.44. The zero-order valence-corrected chi connectivity index (χ0v) is 24.6. The van der Waals surface area contributed by atoms with Crippen molar-refractivity contribution >= 4 is 17.0 Å². The predicted octanol–water partition coefficient (Wildman–Crippen LogP) is 5.97. The van der Waals surface area contributed by atoms with E-state index in [4.69, 9.17) is 24.1 Å². The number of halogens is 1. The molecule has 1 atom stereocenters. The third kappa shape index (κ3) is 5.48. The van der Waals surface area contributed by atoms with Crippen LogP contribution in [0.3, 0.4) is 0 Å². The molecule has 0 radical (unpaired) electrons. The maximum Gasteiger partial charge on any atom is 0.335 e. The minimum absolute atomic E-state index is 0. The van der Waals surface area contributed by atoms with Crippen LogP contribution in [-0.4, -0.2) is 43.6 Å². The van der Waals surface area contributed by atoms with E-state index < -0.39 is 17.6 Å². The number of rotatable bonds is 7. The molecule has 4 heterocycles. The highest BCUT2D eigenvalue weighted by Crippen LogP contribution is 2.49. The number of piperidine rings is 1. The Labute approximate surface area is 258 Å². The Morgan fingerprint density at radius 1 is 1.13 bits per heavy atom. The average Bonchev–Trinajstić information content (AvgIpc) is 3.75. The lowest BCUT2D eigenvalue weighted by molar-refractivity contribution is -0.0712. The first-order chi connectivity index (χ1) is 21.3. The van der Waals surface area contributed by atoms with Crippen molar-refractivity contribution in [2.75, 3.05) is 13.1 Å². The van der Waals surface area contributed by atoms with Gasteiger partial charge < -0.3 is 29.7 Å². The summed E-state index contributed by atoms with van der Waals surface area (Å²) in [6.45, 7) is 4.21. The molecule has 3 aromatic carbocycles. The monoisotopic (exact) mass is 610 g/mol. The molecule has 2 aromatic heterocycles. The summed E-state index contributed by atoms with van der Waals surface area (Å²) in [5, 5.41) is 18.7. The number of fused-ring (bicyclic) bond motifs is 2.